The van der Waals surface area contributed by atoms with Gasteiger partial charge in [0, 0.05) is 22.1 Å². The Hall–Kier alpha value is -0.580. The summed E-state index contributed by atoms with van der Waals surface area (Å²) in [6, 6.07) is 6.40. The van der Waals surface area contributed by atoms with Crippen LogP contribution in [0.2, 0.25) is 0 Å². The fraction of sp³-hybridized carbons (Fsp3) is 0.571. The fourth-order valence-corrected chi connectivity index (χ4v) is 3.10. The van der Waals surface area contributed by atoms with Gasteiger partial charge in [0.05, 0.1) is 7.11 Å². The van der Waals surface area contributed by atoms with Gasteiger partial charge in [-0.2, -0.15) is 0 Å². The lowest BCUT2D eigenvalue weighted by molar-refractivity contribution is 0.280. The summed E-state index contributed by atoms with van der Waals surface area (Å²) in [7, 11) is 1.69. The quantitative estimate of drug-likeness (QED) is 0.902. The zero-order chi connectivity index (χ0) is 13.1. The highest BCUT2D eigenvalue weighted by Crippen LogP contribution is 2.37. The van der Waals surface area contributed by atoms with E-state index in [-0.39, 0.29) is 6.04 Å². The lowest BCUT2D eigenvalue weighted by atomic mass is 9.79. The molecular formula is C14H21BrN2O. The minimum Gasteiger partial charge on any atom is -0.496 e. The van der Waals surface area contributed by atoms with Gasteiger partial charge in [0.2, 0.25) is 0 Å². The molecule has 2 rings (SSSR count). The van der Waals surface area contributed by atoms with Crippen molar-refractivity contribution in [2.24, 2.45) is 17.4 Å². The van der Waals surface area contributed by atoms with Crippen LogP contribution in [0.1, 0.15) is 37.3 Å². The highest BCUT2D eigenvalue weighted by atomic mass is 79.9. The second-order valence-corrected chi connectivity index (χ2v) is 6.00. The molecule has 1 unspecified atom stereocenters. The standard InChI is InChI=1S/C14H21BrN2O/c1-18-13-7-4-10(15)8-12(13)14(17)9-2-5-11(16)6-3-9/h4,7-9,11,14H,2-3,5-6,16-17H2,1H3. The van der Waals surface area contributed by atoms with Crippen molar-refractivity contribution < 1.29 is 4.74 Å². The van der Waals surface area contributed by atoms with Gasteiger partial charge in [0.15, 0.2) is 0 Å². The largest absolute Gasteiger partial charge is 0.496 e. The lowest BCUT2D eigenvalue weighted by Crippen LogP contribution is -2.31. The normalized spacial score (nSPS) is 25.8. The molecule has 3 nitrogen and oxygen atoms in total. The summed E-state index contributed by atoms with van der Waals surface area (Å²) >= 11 is 3.50. The number of hydrogen-bond acceptors (Lipinski definition) is 3. The molecule has 4 N–H and O–H groups in total. The second kappa shape index (κ2) is 6.04. The van der Waals surface area contributed by atoms with Gasteiger partial charge in [-0.15, -0.1) is 0 Å². The van der Waals surface area contributed by atoms with Crippen LogP contribution in [0, 0.1) is 5.92 Å². The summed E-state index contributed by atoms with van der Waals surface area (Å²) in [5.74, 6) is 1.38. The zero-order valence-electron chi connectivity index (χ0n) is 10.7. The van der Waals surface area contributed by atoms with E-state index in [1.807, 2.05) is 12.1 Å². The number of methoxy groups -OCH3 is 1. The summed E-state index contributed by atoms with van der Waals surface area (Å²) in [5, 5.41) is 0. The van der Waals surface area contributed by atoms with E-state index in [1.165, 1.54) is 0 Å². The molecule has 0 heterocycles. The van der Waals surface area contributed by atoms with Crippen LogP contribution in [0.15, 0.2) is 22.7 Å². The first-order valence-electron chi connectivity index (χ1n) is 6.46. The van der Waals surface area contributed by atoms with Crippen molar-refractivity contribution in [1.29, 1.82) is 0 Å². The van der Waals surface area contributed by atoms with Gasteiger partial charge in [-0.3, -0.25) is 0 Å². The van der Waals surface area contributed by atoms with Gasteiger partial charge in [0.25, 0.3) is 0 Å². The molecule has 1 aliphatic rings. The number of hydrogen-bond donors (Lipinski definition) is 2. The van der Waals surface area contributed by atoms with E-state index in [1.54, 1.807) is 7.11 Å². The Kier molecular flexibility index (Phi) is 4.65. The minimum absolute atomic E-state index is 0.0324. The average molecular weight is 313 g/mol. The lowest BCUT2D eigenvalue weighted by Gasteiger charge is -2.31. The Morgan fingerprint density at radius 3 is 2.56 bits per heavy atom. The minimum atomic E-state index is 0.0324. The number of rotatable bonds is 3. The van der Waals surface area contributed by atoms with Gasteiger partial charge < -0.3 is 16.2 Å². The third-order valence-electron chi connectivity index (χ3n) is 3.88. The Bertz CT molecular complexity index is 403. The number of ether oxygens (including phenoxy) is 1. The Labute approximate surface area is 117 Å². The molecule has 0 amide bonds. The maximum atomic E-state index is 6.42. The Balaban J connectivity index is 2.17. The van der Waals surface area contributed by atoms with E-state index in [0.717, 1.165) is 41.5 Å². The molecule has 0 spiro atoms. The molecule has 1 aromatic rings. The second-order valence-electron chi connectivity index (χ2n) is 5.09. The molecule has 0 aromatic heterocycles. The molecule has 1 saturated carbocycles. The molecule has 4 heteroatoms. The first-order chi connectivity index (χ1) is 8.61. The van der Waals surface area contributed by atoms with Gasteiger partial charge in [0.1, 0.15) is 5.75 Å². The molecule has 100 valence electrons. The van der Waals surface area contributed by atoms with Crippen molar-refractivity contribution in [3.8, 4) is 5.75 Å². The van der Waals surface area contributed by atoms with Crippen molar-refractivity contribution >= 4 is 15.9 Å². The molecule has 0 aliphatic heterocycles. The summed E-state index contributed by atoms with van der Waals surface area (Å²) < 4.78 is 6.45. The van der Waals surface area contributed by atoms with E-state index in [2.05, 4.69) is 22.0 Å². The van der Waals surface area contributed by atoms with Crippen LogP contribution in [0.25, 0.3) is 0 Å². The zero-order valence-corrected chi connectivity index (χ0v) is 12.3. The maximum absolute atomic E-state index is 6.42. The molecule has 0 bridgehead atoms. The van der Waals surface area contributed by atoms with E-state index < -0.39 is 0 Å². The van der Waals surface area contributed by atoms with Crippen molar-refractivity contribution in [2.45, 2.75) is 37.8 Å². The molecule has 1 aliphatic carbocycles. The van der Waals surface area contributed by atoms with E-state index in [0.29, 0.717) is 12.0 Å². The third-order valence-corrected chi connectivity index (χ3v) is 4.37. The smallest absolute Gasteiger partial charge is 0.123 e. The van der Waals surface area contributed by atoms with Gasteiger partial charge in [-0.1, -0.05) is 15.9 Å². The highest BCUT2D eigenvalue weighted by molar-refractivity contribution is 9.10. The Morgan fingerprint density at radius 2 is 1.94 bits per heavy atom. The molecule has 1 atom stereocenters. The predicted molar refractivity (Wildman–Crippen MR) is 77.6 cm³/mol. The van der Waals surface area contributed by atoms with Crippen LogP contribution in [0.5, 0.6) is 5.75 Å². The van der Waals surface area contributed by atoms with Crippen molar-refractivity contribution in [3.05, 3.63) is 28.2 Å². The van der Waals surface area contributed by atoms with Gasteiger partial charge >= 0.3 is 0 Å². The van der Waals surface area contributed by atoms with Gasteiger partial charge in [-0.25, -0.2) is 0 Å². The van der Waals surface area contributed by atoms with Crippen molar-refractivity contribution in [1.82, 2.24) is 0 Å². The summed E-state index contributed by atoms with van der Waals surface area (Å²) in [5.41, 5.74) is 13.5. The van der Waals surface area contributed by atoms with Crippen LogP contribution >= 0.6 is 15.9 Å². The fourth-order valence-electron chi connectivity index (χ4n) is 2.72. The topological polar surface area (TPSA) is 61.3 Å². The summed E-state index contributed by atoms with van der Waals surface area (Å²) in [4.78, 5) is 0. The van der Waals surface area contributed by atoms with Crippen LogP contribution < -0.4 is 16.2 Å². The summed E-state index contributed by atoms with van der Waals surface area (Å²) in [6.07, 6.45) is 4.37. The SMILES string of the molecule is COc1ccc(Br)cc1C(N)C1CCC(N)CC1. The first kappa shape index (κ1) is 13.8. The summed E-state index contributed by atoms with van der Waals surface area (Å²) in [6.45, 7) is 0. The highest BCUT2D eigenvalue weighted by Gasteiger charge is 2.26. The third kappa shape index (κ3) is 3.05. The molecule has 0 radical (unpaired) electrons. The Morgan fingerprint density at radius 1 is 1.28 bits per heavy atom. The molecule has 1 aromatic carbocycles. The average Bonchev–Trinajstić information content (AvgIpc) is 2.39. The van der Waals surface area contributed by atoms with Crippen molar-refractivity contribution in [2.75, 3.05) is 7.11 Å². The number of benzene rings is 1. The van der Waals surface area contributed by atoms with E-state index in [9.17, 15) is 0 Å². The van der Waals surface area contributed by atoms with E-state index in [4.69, 9.17) is 16.2 Å². The monoisotopic (exact) mass is 312 g/mol. The molecule has 0 saturated heterocycles. The number of halogens is 1. The van der Waals surface area contributed by atoms with Crippen LogP contribution in [0.4, 0.5) is 0 Å². The van der Waals surface area contributed by atoms with Crippen LogP contribution in [0.3, 0.4) is 0 Å². The molecular weight excluding hydrogens is 292 g/mol. The van der Waals surface area contributed by atoms with E-state index >= 15 is 0 Å². The molecule has 18 heavy (non-hydrogen) atoms. The van der Waals surface area contributed by atoms with Crippen LogP contribution in [-0.2, 0) is 0 Å². The number of nitrogens with two attached hydrogens (primary N) is 2. The van der Waals surface area contributed by atoms with Crippen LogP contribution in [-0.4, -0.2) is 13.2 Å². The first-order valence-corrected chi connectivity index (χ1v) is 7.25. The maximum Gasteiger partial charge on any atom is 0.123 e. The van der Waals surface area contributed by atoms with Gasteiger partial charge in [-0.05, 0) is 49.8 Å². The predicted octanol–water partition coefficient (Wildman–Crippen LogP) is 2.98. The molecule has 1 fully saturated rings. The van der Waals surface area contributed by atoms with Crippen molar-refractivity contribution in [3.63, 3.8) is 0 Å².